The summed E-state index contributed by atoms with van der Waals surface area (Å²) < 4.78 is 0. The zero-order chi connectivity index (χ0) is 4.99. The molecule has 0 aliphatic heterocycles. The maximum absolute atomic E-state index is 8.30. The topological polar surface area (TPSA) is 20.2 Å². The van der Waals surface area contributed by atoms with Gasteiger partial charge < -0.3 is 5.11 Å². The molecule has 0 saturated carbocycles. The Kier molecular flexibility index (Phi) is 3.14. The average molecular weight is 87.1 g/mol. The van der Waals surface area contributed by atoms with Crippen molar-refractivity contribution in [2.75, 3.05) is 6.61 Å². The highest BCUT2D eigenvalue weighted by molar-refractivity contribution is 4.79. The summed E-state index contributed by atoms with van der Waals surface area (Å²) in [6.45, 7) is 4.22. The molecular formula is C5H11O. The van der Waals surface area contributed by atoms with Crippen molar-refractivity contribution in [3.05, 3.63) is 5.92 Å². The van der Waals surface area contributed by atoms with Gasteiger partial charge >= 0.3 is 0 Å². The first-order valence-electron chi connectivity index (χ1n) is 2.23. The fraction of sp³-hybridized carbons (Fsp3) is 0.800. The van der Waals surface area contributed by atoms with E-state index in [2.05, 4.69) is 0 Å². The van der Waals surface area contributed by atoms with E-state index in [1.54, 1.807) is 0 Å². The summed E-state index contributed by atoms with van der Waals surface area (Å²) in [7, 11) is 0. The van der Waals surface area contributed by atoms with Crippen LogP contribution < -0.4 is 0 Å². The van der Waals surface area contributed by atoms with Crippen molar-refractivity contribution >= 4 is 0 Å². The Morgan fingerprint density at radius 2 is 2.17 bits per heavy atom. The first-order valence-corrected chi connectivity index (χ1v) is 2.23. The predicted octanol–water partition coefficient (Wildman–Crippen LogP) is 0.983. The maximum Gasteiger partial charge on any atom is 0.0490 e. The molecule has 0 aromatic heterocycles. The Hall–Kier alpha value is -0.0400. The Balaban J connectivity index is 2.75. The third kappa shape index (κ3) is 2.21. The summed E-state index contributed by atoms with van der Waals surface area (Å²) >= 11 is 0. The molecule has 1 N–H and O–H groups in total. The molecule has 1 radical (unpaired) electrons. The molecule has 0 saturated heterocycles. The van der Waals surface area contributed by atoms with E-state index in [4.69, 9.17) is 5.11 Å². The lowest BCUT2D eigenvalue weighted by Crippen LogP contribution is -1.93. The van der Waals surface area contributed by atoms with Crippen molar-refractivity contribution in [1.29, 1.82) is 0 Å². The second kappa shape index (κ2) is 3.16. The first kappa shape index (κ1) is 5.96. The van der Waals surface area contributed by atoms with Crippen LogP contribution >= 0.6 is 0 Å². The summed E-state index contributed by atoms with van der Waals surface area (Å²) in [5, 5.41) is 8.30. The largest absolute Gasteiger partial charge is 0.396 e. The minimum absolute atomic E-state index is 0.247. The quantitative estimate of drug-likeness (QED) is 0.532. The van der Waals surface area contributed by atoms with Crippen LogP contribution in [0.4, 0.5) is 0 Å². The minimum Gasteiger partial charge on any atom is -0.396 e. The van der Waals surface area contributed by atoms with E-state index in [1.165, 1.54) is 0 Å². The van der Waals surface area contributed by atoms with E-state index in [9.17, 15) is 0 Å². The van der Waals surface area contributed by atoms with Crippen LogP contribution in [0.5, 0.6) is 0 Å². The standard InChI is InChI=1S/C5H11O/c1-3-5(2)4-6/h6H,3-4H2,1-2H3. The molecule has 37 valence electrons. The van der Waals surface area contributed by atoms with Gasteiger partial charge in [0, 0.05) is 6.61 Å². The number of rotatable bonds is 2. The molecule has 0 aliphatic rings. The molecule has 0 atom stereocenters. The molecule has 0 aliphatic carbocycles. The summed E-state index contributed by atoms with van der Waals surface area (Å²) in [5.41, 5.74) is 0. The Morgan fingerprint density at radius 3 is 2.17 bits per heavy atom. The molecule has 0 bridgehead atoms. The Morgan fingerprint density at radius 1 is 1.67 bits per heavy atom. The SMILES string of the molecule is CC[C](C)CO. The molecule has 0 aromatic carbocycles. The highest BCUT2D eigenvalue weighted by Gasteiger charge is 1.91. The van der Waals surface area contributed by atoms with E-state index in [-0.39, 0.29) is 6.61 Å². The van der Waals surface area contributed by atoms with Gasteiger partial charge in [-0.1, -0.05) is 13.8 Å². The highest BCUT2D eigenvalue weighted by Crippen LogP contribution is 1.98. The van der Waals surface area contributed by atoms with E-state index in [1.807, 2.05) is 13.8 Å². The highest BCUT2D eigenvalue weighted by atomic mass is 16.3. The van der Waals surface area contributed by atoms with Crippen LogP contribution in [-0.2, 0) is 0 Å². The number of aliphatic hydroxyl groups is 1. The summed E-state index contributed by atoms with van der Waals surface area (Å²) in [6.07, 6.45) is 0.997. The lowest BCUT2D eigenvalue weighted by molar-refractivity contribution is 0.305. The Labute approximate surface area is 39.0 Å². The van der Waals surface area contributed by atoms with Crippen molar-refractivity contribution in [2.24, 2.45) is 0 Å². The van der Waals surface area contributed by atoms with Crippen molar-refractivity contribution in [3.8, 4) is 0 Å². The van der Waals surface area contributed by atoms with Crippen molar-refractivity contribution < 1.29 is 5.11 Å². The van der Waals surface area contributed by atoms with Gasteiger partial charge in [0.2, 0.25) is 0 Å². The zero-order valence-corrected chi connectivity index (χ0v) is 4.36. The molecule has 0 spiro atoms. The number of hydrogen-bond donors (Lipinski definition) is 1. The van der Waals surface area contributed by atoms with Gasteiger partial charge in [-0.3, -0.25) is 0 Å². The molecule has 0 fully saturated rings. The zero-order valence-electron chi connectivity index (χ0n) is 4.36. The minimum atomic E-state index is 0.247. The van der Waals surface area contributed by atoms with Gasteiger partial charge in [0.25, 0.3) is 0 Å². The molecular weight excluding hydrogens is 76.1 g/mol. The van der Waals surface area contributed by atoms with Crippen LogP contribution in [0.15, 0.2) is 0 Å². The monoisotopic (exact) mass is 87.1 g/mol. The van der Waals surface area contributed by atoms with Gasteiger partial charge in [-0.05, 0) is 12.3 Å². The van der Waals surface area contributed by atoms with Gasteiger partial charge in [-0.2, -0.15) is 0 Å². The third-order valence-corrected chi connectivity index (χ3v) is 0.873. The van der Waals surface area contributed by atoms with Crippen LogP contribution in [0.3, 0.4) is 0 Å². The summed E-state index contributed by atoms with van der Waals surface area (Å²) in [5.74, 6) is 1.15. The molecule has 0 unspecified atom stereocenters. The van der Waals surface area contributed by atoms with E-state index in [0.29, 0.717) is 0 Å². The van der Waals surface area contributed by atoms with Crippen molar-refractivity contribution in [2.45, 2.75) is 20.3 Å². The Bertz CT molecular complexity index is 23.1. The van der Waals surface area contributed by atoms with Crippen LogP contribution in [0.2, 0.25) is 0 Å². The lowest BCUT2D eigenvalue weighted by atomic mass is 10.1. The molecule has 0 heterocycles. The van der Waals surface area contributed by atoms with Crippen LogP contribution in [0.1, 0.15) is 20.3 Å². The van der Waals surface area contributed by atoms with Gasteiger partial charge in [-0.25, -0.2) is 0 Å². The smallest absolute Gasteiger partial charge is 0.0490 e. The van der Waals surface area contributed by atoms with Gasteiger partial charge in [0.1, 0.15) is 0 Å². The molecule has 0 aromatic rings. The van der Waals surface area contributed by atoms with Crippen molar-refractivity contribution in [3.63, 3.8) is 0 Å². The molecule has 1 nitrogen and oxygen atoms in total. The normalized spacial score (nSPS) is 10.0. The lowest BCUT2D eigenvalue weighted by Gasteiger charge is -1.97. The molecule has 0 rings (SSSR count). The maximum atomic E-state index is 8.30. The first-order chi connectivity index (χ1) is 2.81. The predicted molar refractivity (Wildman–Crippen MR) is 26.3 cm³/mol. The fourth-order valence-electron chi connectivity index (χ4n) is 0.112. The van der Waals surface area contributed by atoms with Crippen LogP contribution in [0.25, 0.3) is 0 Å². The summed E-state index contributed by atoms with van der Waals surface area (Å²) in [6, 6.07) is 0. The number of aliphatic hydroxyl groups excluding tert-OH is 1. The summed E-state index contributed by atoms with van der Waals surface area (Å²) in [4.78, 5) is 0. The second-order valence-corrected chi connectivity index (χ2v) is 1.47. The molecule has 6 heavy (non-hydrogen) atoms. The average Bonchev–Trinajstić information content (AvgIpc) is 1.65. The fourth-order valence-corrected chi connectivity index (χ4v) is 0.112. The molecule has 1 heteroatoms. The van der Waals surface area contributed by atoms with Gasteiger partial charge in [0.15, 0.2) is 0 Å². The van der Waals surface area contributed by atoms with Crippen molar-refractivity contribution in [1.82, 2.24) is 0 Å². The third-order valence-electron chi connectivity index (χ3n) is 0.873. The number of hydrogen-bond acceptors (Lipinski definition) is 1. The molecule has 0 amide bonds. The van der Waals surface area contributed by atoms with Gasteiger partial charge in [0.05, 0.1) is 0 Å². The second-order valence-electron chi connectivity index (χ2n) is 1.47. The van der Waals surface area contributed by atoms with E-state index >= 15 is 0 Å². The van der Waals surface area contributed by atoms with Crippen LogP contribution in [0, 0.1) is 5.92 Å². The van der Waals surface area contributed by atoms with Crippen LogP contribution in [-0.4, -0.2) is 11.7 Å². The van der Waals surface area contributed by atoms with E-state index < -0.39 is 0 Å². The van der Waals surface area contributed by atoms with Gasteiger partial charge in [-0.15, -0.1) is 0 Å². The van der Waals surface area contributed by atoms with E-state index in [0.717, 1.165) is 12.3 Å².